The molecule has 0 saturated carbocycles. The molecule has 0 heterocycles. The number of hydrogen-bond acceptors (Lipinski definition) is 1. The van der Waals surface area contributed by atoms with Crippen LogP contribution in [0.3, 0.4) is 0 Å². The fourth-order valence-corrected chi connectivity index (χ4v) is 2.39. The van der Waals surface area contributed by atoms with Gasteiger partial charge in [0.1, 0.15) is 0 Å². The zero-order chi connectivity index (χ0) is 15.8. The van der Waals surface area contributed by atoms with Gasteiger partial charge in [-0.1, -0.05) is 78.9 Å². The topological polar surface area (TPSA) is 26.0 Å². The molecule has 0 aliphatic rings. The van der Waals surface area contributed by atoms with Gasteiger partial charge in [-0.25, -0.2) is 0 Å². The Kier molecular flexibility index (Phi) is 5.79. The van der Waals surface area contributed by atoms with Gasteiger partial charge in [-0.3, -0.25) is 0 Å². The van der Waals surface area contributed by atoms with Crippen LogP contribution < -0.4 is 5.73 Å². The first-order valence-electron chi connectivity index (χ1n) is 7.64. The maximum Gasteiger partial charge on any atom is 0.0350 e. The van der Waals surface area contributed by atoms with Gasteiger partial charge in [0.2, 0.25) is 0 Å². The van der Waals surface area contributed by atoms with Crippen molar-refractivity contribution in [3.05, 3.63) is 95.6 Å². The van der Waals surface area contributed by atoms with E-state index in [1.54, 1.807) is 0 Å². The van der Waals surface area contributed by atoms with Gasteiger partial charge in [0, 0.05) is 5.70 Å². The van der Waals surface area contributed by atoms with E-state index in [4.69, 9.17) is 5.73 Å². The summed E-state index contributed by atoms with van der Waals surface area (Å²) >= 11 is 0. The Hall–Kier alpha value is -2.54. The highest BCUT2D eigenvalue weighted by atomic mass is 14.6. The van der Waals surface area contributed by atoms with Crippen LogP contribution in [0.2, 0.25) is 0 Å². The second kappa shape index (κ2) is 8.04. The molecule has 0 atom stereocenters. The van der Waals surface area contributed by atoms with E-state index < -0.39 is 0 Å². The molecule has 0 bridgehead atoms. The number of allylic oxidation sites excluding steroid dienone is 5. The summed E-state index contributed by atoms with van der Waals surface area (Å²) in [5.41, 5.74) is 11.8. The smallest absolute Gasteiger partial charge is 0.0350 e. The first-order valence-corrected chi connectivity index (χ1v) is 7.64. The highest BCUT2D eigenvalue weighted by Crippen LogP contribution is 2.18. The van der Waals surface area contributed by atoms with Crippen molar-refractivity contribution in [3.63, 3.8) is 0 Å². The molecule has 0 aliphatic heterocycles. The second-order valence-electron chi connectivity index (χ2n) is 5.17. The third-order valence-electron chi connectivity index (χ3n) is 3.58. The quantitative estimate of drug-likeness (QED) is 0.751. The zero-order valence-corrected chi connectivity index (χ0v) is 13.3. The number of rotatable bonds is 5. The molecule has 1 heteroatoms. The predicted octanol–water partition coefficient (Wildman–Crippen LogP) is 5.21. The third kappa shape index (κ3) is 4.23. The lowest BCUT2D eigenvalue weighted by molar-refractivity contribution is 1.25. The lowest BCUT2D eigenvalue weighted by atomic mass is 10.0. The molecule has 22 heavy (non-hydrogen) atoms. The molecule has 1 nitrogen and oxygen atoms in total. The molecule has 0 aliphatic carbocycles. The van der Waals surface area contributed by atoms with Crippen LogP contribution in [0, 0.1) is 0 Å². The number of hydrogen-bond donors (Lipinski definition) is 1. The molecule has 112 valence electrons. The third-order valence-corrected chi connectivity index (χ3v) is 3.58. The van der Waals surface area contributed by atoms with Gasteiger partial charge in [0.25, 0.3) is 0 Å². The van der Waals surface area contributed by atoms with Gasteiger partial charge in [0.15, 0.2) is 0 Å². The van der Waals surface area contributed by atoms with Crippen molar-refractivity contribution >= 4 is 11.3 Å². The summed E-state index contributed by atoms with van der Waals surface area (Å²) in [5.74, 6) is 0. The molecule has 0 radical (unpaired) electrons. The van der Waals surface area contributed by atoms with E-state index in [0.717, 1.165) is 17.7 Å². The van der Waals surface area contributed by atoms with Crippen LogP contribution in [0.5, 0.6) is 0 Å². The Morgan fingerprint density at radius 2 is 1.68 bits per heavy atom. The summed E-state index contributed by atoms with van der Waals surface area (Å²) in [6.07, 6.45) is 9.25. The fraction of sp³-hybridized carbons (Fsp3) is 0.143. The van der Waals surface area contributed by atoms with E-state index in [1.807, 2.05) is 37.3 Å². The Balaban J connectivity index is 2.17. The first-order chi connectivity index (χ1) is 10.7. The minimum Gasteiger partial charge on any atom is -0.398 e. The van der Waals surface area contributed by atoms with Crippen molar-refractivity contribution in [2.24, 2.45) is 5.73 Å². The highest BCUT2D eigenvalue weighted by Gasteiger charge is 2.00. The Bertz CT molecular complexity index is 691. The van der Waals surface area contributed by atoms with Crippen LogP contribution in [-0.4, -0.2) is 0 Å². The van der Waals surface area contributed by atoms with Gasteiger partial charge in [0.05, 0.1) is 0 Å². The molecule has 0 fully saturated rings. The van der Waals surface area contributed by atoms with Crippen molar-refractivity contribution < 1.29 is 0 Å². The van der Waals surface area contributed by atoms with Crippen LogP contribution in [0.1, 0.15) is 30.5 Å². The summed E-state index contributed by atoms with van der Waals surface area (Å²) in [6.45, 7) is 4.10. The first kappa shape index (κ1) is 15.8. The van der Waals surface area contributed by atoms with E-state index in [1.165, 1.54) is 16.7 Å². The SMILES string of the molecule is C/C=C\C(=C/C)c1cccc(C/C=C(\N)c2ccccc2)c1. The van der Waals surface area contributed by atoms with Crippen molar-refractivity contribution in [1.29, 1.82) is 0 Å². The average Bonchev–Trinajstić information content (AvgIpc) is 2.58. The zero-order valence-electron chi connectivity index (χ0n) is 13.3. The van der Waals surface area contributed by atoms with Gasteiger partial charge >= 0.3 is 0 Å². The van der Waals surface area contributed by atoms with E-state index in [2.05, 4.69) is 55.5 Å². The Morgan fingerprint density at radius 1 is 0.955 bits per heavy atom. The van der Waals surface area contributed by atoms with Crippen molar-refractivity contribution in [1.82, 2.24) is 0 Å². The normalized spacial score (nSPS) is 12.8. The van der Waals surface area contributed by atoms with E-state index in [0.29, 0.717) is 0 Å². The van der Waals surface area contributed by atoms with Gasteiger partial charge in [-0.2, -0.15) is 0 Å². The largest absolute Gasteiger partial charge is 0.398 e. The summed E-state index contributed by atoms with van der Waals surface area (Å²) in [5, 5.41) is 0. The minimum atomic E-state index is 0.825. The molecule has 2 N–H and O–H groups in total. The summed E-state index contributed by atoms with van der Waals surface area (Å²) in [4.78, 5) is 0. The van der Waals surface area contributed by atoms with Crippen molar-refractivity contribution in [2.45, 2.75) is 20.3 Å². The molecule has 0 spiro atoms. The molecule has 0 unspecified atom stereocenters. The highest BCUT2D eigenvalue weighted by molar-refractivity contribution is 5.74. The standard InChI is InChI=1S/C21H23N/c1-3-9-18(4-2)20-13-8-10-17(16-20)14-15-21(22)19-11-6-5-7-12-19/h3-13,15-16H,14,22H2,1-2H3/b9-3-,18-4+,21-15-. The van der Waals surface area contributed by atoms with Crippen LogP contribution >= 0.6 is 0 Å². The molecule has 0 aromatic heterocycles. The monoisotopic (exact) mass is 289 g/mol. The fourth-order valence-electron chi connectivity index (χ4n) is 2.39. The maximum absolute atomic E-state index is 6.15. The molecule has 2 aromatic rings. The number of benzene rings is 2. The van der Waals surface area contributed by atoms with E-state index in [9.17, 15) is 0 Å². The van der Waals surface area contributed by atoms with Crippen LogP contribution in [0.15, 0.2) is 78.9 Å². The van der Waals surface area contributed by atoms with E-state index in [-0.39, 0.29) is 0 Å². The minimum absolute atomic E-state index is 0.825. The average molecular weight is 289 g/mol. The molecular weight excluding hydrogens is 266 g/mol. The molecule has 0 amide bonds. The number of nitrogens with two attached hydrogens (primary N) is 1. The van der Waals surface area contributed by atoms with Gasteiger partial charge in [-0.05, 0) is 42.5 Å². The lowest BCUT2D eigenvalue weighted by Gasteiger charge is -2.06. The summed E-state index contributed by atoms with van der Waals surface area (Å²) < 4.78 is 0. The summed E-state index contributed by atoms with van der Waals surface area (Å²) in [7, 11) is 0. The van der Waals surface area contributed by atoms with Gasteiger partial charge in [-0.15, -0.1) is 0 Å². The van der Waals surface area contributed by atoms with Crippen molar-refractivity contribution in [3.8, 4) is 0 Å². The summed E-state index contributed by atoms with van der Waals surface area (Å²) in [6, 6.07) is 18.7. The Morgan fingerprint density at radius 3 is 2.36 bits per heavy atom. The molecule has 2 aromatic carbocycles. The molecule has 2 rings (SSSR count). The second-order valence-corrected chi connectivity index (χ2v) is 5.17. The van der Waals surface area contributed by atoms with E-state index >= 15 is 0 Å². The van der Waals surface area contributed by atoms with Crippen LogP contribution in [0.4, 0.5) is 0 Å². The van der Waals surface area contributed by atoms with Gasteiger partial charge < -0.3 is 5.73 Å². The molecule has 0 saturated heterocycles. The molecular formula is C21H23N. The van der Waals surface area contributed by atoms with Crippen molar-refractivity contribution in [2.75, 3.05) is 0 Å². The maximum atomic E-state index is 6.15. The lowest BCUT2D eigenvalue weighted by Crippen LogP contribution is -1.97. The van der Waals surface area contributed by atoms with Crippen LogP contribution in [0.25, 0.3) is 11.3 Å². The Labute approximate surface area is 133 Å². The van der Waals surface area contributed by atoms with Crippen LogP contribution in [-0.2, 0) is 6.42 Å². The predicted molar refractivity (Wildman–Crippen MR) is 97.2 cm³/mol.